The monoisotopic (exact) mass is 246 g/mol. The van der Waals surface area contributed by atoms with Gasteiger partial charge in [-0.1, -0.05) is 0 Å². The Balaban J connectivity index is 2.54. The maximum Gasteiger partial charge on any atom is 0.514 e. The highest BCUT2D eigenvalue weighted by atomic mass is 16.7. The molecule has 18 heavy (non-hydrogen) atoms. The van der Waals surface area contributed by atoms with E-state index in [1.54, 1.807) is 25.3 Å². The standard InChI is InChI=1S/C12H10N2O4/c1-16-7-3-4-8-9(6-13)11(14-10(8)5-7)18-12(15)17-2/h3-5,14H,1-2H3. The van der Waals surface area contributed by atoms with Crippen LogP contribution in [0.25, 0.3) is 10.9 Å². The molecule has 0 fully saturated rings. The molecule has 0 saturated heterocycles. The van der Waals surface area contributed by atoms with Gasteiger partial charge in [0.1, 0.15) is 17.4 Å². The average Bonchev–Trinajstić information content (AvgIpc) is 2.74. The zero-order valence-electron chi connectivity index (χ0n) is 9.81. The summed E-state index contributed by atoms with van der Waals surface area (Å²) >= 11 is 0. The normalized spacial score (nSPS) is 9.83. The van der Waals surface area contributed by atoms with Crippen LogP contribution in [0.2, 0.25) is 0 Å². The SMILES string of the molecule is COC(=O)Oc1[nH]c2cc(OC)ccc2c1C#N. The predicted octanol–water partition coefficient (Wildman–Crippen LogP) is 2.19. The van der Waals surface area contributed by atoms with E-state index < -0.39 is 6.16 Å². The van der Waals surface area contributed by atoms with Crippen LogP contribution in [0, 0.1) is 11.3 Å². The molecule has 0 spiro atoms. The maximum absolute atomic E-state index is 11.1. The zero-order valence-corrected chi connectivity index (χ0v) is 9.81. The number of hydrogen-bond donors (Lipinski definition) is 1. The van der Waals surface area contributed by atoms with Gasteiger partial charge in [-0.25, -0.2) is 4.79 Å². The summed E-state index contributed by atoms with van der Waals surface area (Å²) in [7, 11) is 2.74. The Labute approximate surface area is 103 Å². The van der Waals surface area contributed by atoms with Crippen molar-refractivity contribution in [2.24, 2.45) is 0 Å². The maximum atomic E-state index is 11.1. The fourth-order valence-corrected chi connectivity index (χ4v) is 1.59. The van der Waals surface area contributed by atoms with Gasteiger partial charge in [0.2, 0.25) is 5.88 Å². The molecule has 2 aromatic rings. The quantitative estimate of drug-likeness (QED) is 0.821. The third kappa shape index (κ3) is 1.94. The van der Waals surface area contributed by atoms with Crippen LogP contribution in [-0.2, 0) is 4.74 Å². The third-order valence-corrected chi connectivity index (χ3v) is 2.44. The zero-order chi connectivity index (χ0) is 13.1. The van der Waals surface area contributed by atoms with Crippen molar-refractivity contribution in [1.29, 1.82) is 5.26 Å². The Hall–Kier alpha value is -2.68. The van der Waals surface area contributed by atoms with Gasteiger partial charge >= 0.3 is 6.16 Å². The first-order chi connectivity index (χ1) is 8.69. The first-order valence-corrected chi connectivity index (χ1v) is 5.05. The van der Waals surface area contributed by atoms with Gasteiger partial charge in [-0.3, -0.25) is 0 Å². The Morgan fingerprint density at radius 1 is 1.39 bits per heavy atom. The van der Waals surface area contributed by atoms with Crippen LogP contribution in [0.3, 0.4) is 0 Å². The molecule has 6 heteroatoms. The Morgan fingerprint density at radius 2 is 2.17 bits per heavy atom. The van der Waals surface area contributed by atoms with Crippen molar-refractivity contribution in [3.63, 3.8) is 0 Å². The molecular formula is C12H10N2O4. The number of aromatic nitrogens is 1. The number of fused-ring (bicyclic) bond motifs is 1. The molecule has 0 radical (unpaired) electrons. The number of nitrogens with one attached hydrogen (secondary N) is 1. The van der Waals surface area contributed by atoms with E-state index in [1.807, 2.05) is 6.07 Å². The molecule has 0 amide bonds. The van der Waals surface area contributed by atoms with Crippen LogP contribution >= 0.6 is 0 Å². The second-order valence-corrected chi connectivity index (χ2v) is 3.41. The van der Waals surface area contributed by atoms with Gasteiger partial charge in [-0.2, -0.15) is 5.26 Å². The van der Waals surface area contributed by atoms with Crippen molar-refractivity contribution in [2.45, 2.75) is 0 Å². The lowest BCUT2D eigenvalue weighted by molar-refractivity contribution is 0.120. The number of carbonyl (C=O) groups is 1. The van der Waals surface area contributed by atoms with E-state index in [0.29, 0.717) is 16.7 Å². The van der Waals surface area contributed by atoms with Gasteiger partial charge in [0.25, 0.3) is 0 Å². The van der Waals surface area contributed by atoms with Crippen molar-refractivity contribution >= 4 is 17.1 Å². The van der Waals surface area contributed by atoms with Gasteiger partial charge in [-0.05, 0) is 12.1 Å². The summed E-state index contributed by atoms with van der Waals surface area (Å²) in [5.41, 5.74) is 0.892. The summed E-state index contributed by atoms with van der Waals surface area (Å²) in [6.07, 6.45) is -0.884. The van der Waals surface area contributed by atoms with Crippen LogP contribution < -0.4 is 9.47 Å². The van der Waals surface area contributed by atoms with Gasteiger partial charge in [0.15, 0.2) is 0 Å². The minimum absolute atomic E-state index is 0.0626. The van der Waals surface area contributed by atoms with E-state index in [4.69, 9.17) is 14.7 Å². The molecule has 1 N–H and O–H groups in total. The van der Waals surface area contributed by atoms with Gasteiger partial charge < -0.3 is 19.2 Å². The smallest absolute Gasteiger partial charge is 0.497 e. The number of carbonyl (C=O) groups excluding carboxylic acids is 1. The van der Waals surface area contributed by atoms with Crippen LogP contribution in [0.5, 0.6) is 11.6 Å². The largest absolute Gasteiger partial charge is 0.514 e. The number of nitrogens with zero attached hydrogens (tertiary/aromatic N) is 1. The summed E-state index contributed by atoms with van der Waals surface area (Å²) in [5.74, 6) is 0.700. The molecule has 92 valence electrons. The van der Waals surface area contributed by atoms with Crippen LogP contribution in [0.15, 0.2) is 18.2 Å². The second-order valence-electron chi connectivity index (χ2n) is 3.41. The lowest BCUT2D eigenvalue weighted by Gasteiger charge is -1.98. The fourth-order valence-electron chi connectivity index (χ4n) is 1.59. The number of H-pyrrole nitrogens is 1. The molecule has 0 aliphatic rings. The Kier molecular flexibility index (Phi) is 3.06. The van der Waals surface area contributed by atoms with Crippen LogP contribution in [0.1, 0.15) is 5.56 Å². The molecule has 1 heterocycles. The lowest BCUT2D eigenvalue weighted by atomic mass is 10.2. The van der Waals surface area contributed by atoms with Crippen molar-refractivity contribution in [1.82, 2.24) is 4.98 Å². The third-order valence-electron chi connectivity index (χ3n) is 2.44. The summed E-state index contributed by atoms with van der Waals surface area (Å²) in [6, 6.07) is 7.13. The van der Waals surface area contributed by atoms with Gasteiger partial charge in [-0.15, -0.1) is 0 Å². The highest BCUT2D eigenvalue weighted by Crippen LogP contribution is 2.30. The van der Waals surface area contributed by atoms with E-state index in [1.165, 1.54) is 7.11 Å². The van der Waals surface area contributed by atoms with E-state index >= 15 is 0 Å². The van der Waals surface area contributed by atoms with Crippen molar-refractivity contribution in [3.8, 4) is 17.7 Å². The number of ether oxygens (including phenoxy) is 3. The molecule has 2 rings (SSSR count). The average molecular weight is 246 g/mol. The molecule has 0 saturated carbocycles. The van der Waals surface area contributed by atoms with Crippen LogP contribution in [0.4, 0.5) is 4.79 Å². The number of aromatic amines is 1. The van der Waals surface area contributed by atoms with Crippen molar-refractivity contribution in [2.75, 3.05) is 14.2 Å². The Morgan fingerprint density at radius 3 is 2.78 bits per heavy atom. The summed E-state index contributed by atoms with van der Waals surface area (Å²) in [6.45, 7) is 0. The predicted molar refractivity (Wildman–Crippen MR) is 62.6 cm³/mol. The molecular weight excluding hydrogens is 236 g/mol. The van der Waals surface area contributed by atoms with E-state index in [-0.39, 0.29) is 11.4 Å². The number of rotatable bonds is 2. The Bertz CT molecular complexity index is 639. The number of methoxy groups -OCH3 is 2. The first kappa shape index (κ1) is 11.8. The summed E-state index contributed by atoms with van der Waals surface area (Å²) < 4.78 is 14.3. The second kappa shape index (κ2) is 4.67. The highest BCUT2D eigenvalue weighted by Gasteiger charge is 2.16. The molecule has 0 aliphatic heterocycles. The van der Waals surface area contributed by atoms with Crippen molar-refractivity contribution < 1.29 is 19.0 Å². The number of benzene rings is 1. The van der Waals surface area contributed by atoms with E-state index in [2.05, 4.69) is 9.72 Å². The molecule has 0 bridgehead atoms. The van der Waals surface area contributed by atoms with Gasteiger partial charge in [0.05, 0.1) is 19.7 Å². The van der Waals surface area contributed by atoms with E-state index in [9.17, 15) is 4.79 Å². The number of nitriles is 1. The molecule has 6 nitrogen and oxygen atoms in total. The minimum atomic E-state index is -0.884. The lowest BCUT2D eigenvalue weighted by Crippen LogP contribution is -2.08. The highest BCUT2D eigenvalue weighted by molar-refractivity contribution is 5.90. The number of hydrogen-bond acceptors (Lipinski definition) is 5. The molecule has 1 aromatic carbocycles. The minimum Gasteiger partial charge on any atom is -0.497 e. The first-order valence-electron chi connectivity index (χ1n) is 5.05. The molecule has 0 aliphatic carbocycles. The molecule has 1 aromatic heterocycles. The van der Waals surface area contributed by atoms with E-state index in [0.717, 1.165) is 0 Å². The summed E-state index contributed by atoms with van der Waals surface area (Å²) in [5, 5.41) is 9.73. The topological polar surface area (TPSA) is 84.3 Å². The fraction of sp³-hybridized carbons (Fsp3) is 0.167. The summed E-state index contributed by atoms with van der Waals surface area (Å²) in [4.78, 5) is 13.9. The van der Waals surface area contributed by atoms with Crippen molar-refractivity contribution in [3.05, 3.63) is 23.8 Å². The van der Waals surface area contributed by atoms with Crippen LogP contribution in [-0.4, -0.2) is 25.4 Å². The molecule has 0 atom stereocenters. The molecule has 0 unspecified atom stereocenters. The van der Waals surface area contributed by atoms with Gasteiger partial charge in [0, 0.05) is 11.5 Å².